The van der Waals surface area contributed by atoms with Gasteiger partial charge in [0.2, 0.25) is 6.54 Å². The predicted octanol–water partition coefficient (Wildman–Crippen LogP) is 1.40. The normalized spacial score (nSPS) is 10.7. The van der Waals surface area contributed by atoms with Crippen molar-refractivity contribution in [2.45, 2.75) is 6.54 Å². The van der Waals surface area contributed by atoms with Crippen LogP contribution in [-0.4, -0.2) is 12.1 Å². The number of pyridine rings is 1. The SMILES string of the molecule is O=C(C[n+]1ccccc1)N/N=C/c1ccc(F)c(F)c1. The van der Waals surface area contributed by atoms with E-state index in [2.05, 4.69) is 10.5 Å². The number of hydrogen-bond donors (Lipinski definition) is 1. The summed E-state index contributed by atoms with van der Waals surface area (Å²) in [5.74, 6) is -2.20. The fraction of sp³-hybridized carbons (Fsp3) is 0.0714. The second-order valence-corrected chi connectivity index (χ2v) is 4.01. The highest BCUT2D eigenvalue weighted by molar-refractivity contribution is 5.81. The Hall–Kier alpha value is -2.63. The first-order valence-corrected chi connectivity index (χ1v) is 5.86. The van der Waals surface area contributed by atoms with Gasteiger partial charge in [-0.1, -0.05) is 12.1 Å². The van der Waals surface area contributed by atoms with Crippen LogP contribution in [0.5, 0.6) is 0 Å². The lowest BCUT2D eigenvalue weighted by molar-refractivity contribution is -0.684. The maximum absolute atomic E-state index is 12.9. The van der Waals surface area contributed by atoms with Gasteiger partial charge in [-0.2, -0.15) is 9.67 Å². The minimum Gasteiger partial charge on any atom is -0.266 e. The van der Waals surface area contributed by atoms with Crippen LogP contribution >= 0.6 is 0 Å². The molecule has 0 fully saturated rings. The molecule has 1 amide bonds. The monoisotopic (exact) mass is 276 g/mol. The lowest BCUT2D eigenvalue weighted by Crippen LogP contribution is -2.40. The number of amides is 1. The Balaban J connectivity index is 1.89. The van der Waals surface area contributed by atoms with Crippen molar-refractivity contribution in [1.82, 2.24) is 5.43 Å². The van der Waals surface area contributed by atoms with Crippen LogP contribution in [0.1, 0.15) is 5.56 Å². The molecular weight excluding hydrogens is 264 g/mol. The van der Waals surface area contributed by atoms with E-state index in [-0.39, 0.29) is 12.5 Å². The van der Waals surface area contributed by atoms with Crippen molar-refractivity contribution < 1.29 is 18.1 Å². The van der Waals surface area contributed by atoms with Crippen LogP contribution in [0.3, 0.4) is 0 Å². The molecule has 20 heavy (non-hydrogen) atoms. The summed E-state index contributed by atoms with van der Waals surface area (Å²) in [5.41, 5.74) is 2.67. The highest BCUT2D eigenvalue weighted by atomic mass is 19.2. The van der Waals surface area contributed by atoms with Crippen molar-refractivity contribution in [2.24, 2.45) is 5.10 Å². The summed E-state index contributed by atoms with van der Waals surface area (Å²) >= 11 is 0. The summed E-state index contributed by atoms with van der Waals surface area (Å²) < 4.78 is 27.3. The Bertz CT molecular complexity index is 630. The van der Waals surface area contributed by atoms with Crippen LogP contribution in [-0.2, 0) is 11.3 Å². The topological polar surface area (TPSA) is 45.3 Å². The van der Waals surface area contributed by atoms with E-state index >= 15 is 0 Å². The number of aromatic nitrogens is 1. The summed E-state index contributed by atoms with van der Waals surface area (Å²) in [4.78, 5) is 11.5. The average Bonchev–Trinajstić information content (AvgIpc) is 2.44. The number of rotatable bonds is 4. The molecule has 0 saturated heterocycles. The molecule has 2 aromatic rings. The predicted molar refractivity (Wildman–Crippen MR) is 68.7 cm³/mol. The molecule has 0 radical (unpaired) electrons. The van der Waals surface area contributed by atoms with Crippen molar-refractivity contribution in [3.8, 4) is 0 Å². The van der Waals surface area contributed by atoms with E-state index in [9.17, 15) is 13.6 Å². The van der Waals surface area contributed by atoms with Gasteiger partial charge in [-0.05, 0) is 17.7 Å². The maximum Gasteiger partial charge on any atom is 0.305 e. The first kappa shape index (κ1) is 13.8. The summed E-state index contributed by atoms with van der Waals surface area (Å²) in [7, 11) is 0. The first-order chi connectivity index (χ1) is 9.65. The van der Waals surface area contributed by atoms with Crippen molar-refractivity contribution >= 4 is 12.1 Å². The summed E-state index contributed by atoms with van der Waals surface area (Å²) in [6.07, 6.45) is 4.74. The lowest BCUT2D eigenvalue weighted by atomic mass is 10.2. The number of nitrogens with zero attached hydrogens (tertiary/aromatic N) is 2. The molecule has 0 spiro atoms. The molecular formula is C14H12F2N3O+. The zero-order chi connectivity index (χ0) is 14.4. The molecule has 0 unspecified atom stereocenters. The van der Waals surface area contributed by atoms with E-state index in [1.165, 1.54) is 12.3 Å². The van der Waals surface area contributed by atoms with Gasteiger partial charge in [-0.15, -0.1) is 0 Å². The van der Waals surface area contributed by atoms with Gasteiger partial charge < -0.3 is 0 Å². The largest absolute Gasteiger partial charge is 0.305 e. The summed E-state index contributed by atoms with van der Waals surface area (Å²) in [5, 5.41) is 3.68. The smallest absolute Gasteiger partial charge is 0.266 e. The van der Waals surface area contributed by atoms with Crippen molar-refractivity contribution in [3.63, 3.8) is 0 Å². The summed E-state index contributed by atoms with van der Waals surface area (Å²) in [6, 6.07) is 8.81. The van der Waals surface area contributed by atoms with Crippen LogP contribution in [0.15, 0.2) is 53.9 Å². The third kappa shape index (κ3) is 3.94. The molecule has 1 aromatic carbocycles. The number of hydrogen-bond acceptors (Lipinski definition) is 2. The van der Waals surface area contributed by atoms with E-state index in [1.54, 1.807) is 29.1 Å². The molecule has 4 nitrogen and oxygen atoms in total. The molecule has 1 N–H and O–H groups in total. The van der Waals surface area contributed by atoms with Gasteiger partial charge in [0, 0.05) is 12.1 Å². The molecule has 0 saturated carbocycles. The molecule has 102 valence electrons. The van der Waals surface area contributed by atoms with Crippen molar-refractivity contribution in [1.29, 1.82) is 0 Å². The Morgan fingerprint density at radius 3 is 2.65 bits per heavy atom. The zero-order valence-corrected chi connectivity index (χ0v) is 10.5. The van der Waals surface area contributed by atoms with Crippen molar-refractivity contribution in [2.75, 3.05) is 0 Å². The van der Waals surface area contributed by atoms with Gasteiger partial charge in [0.25, 0.3) is 0 Å². The number of benzene rings is 1. The zero-order valence-electron chi connectivity index (χ0n) is 10.5. The van der Waals surface area contributed by atoms with E-state index in [1.807, 2.05) is 6.07 Å². The molecule has 0 aliphatic rings. The number of hydrazone groups is 1. The molecule has 6 heteroatoms. The third-order valence-electron chi connectivity index (χ3n) is 2.45. The Morgan fingerprint density at radius 1 is 1.20 bits per heavy atom. The van der Waals surface area contributed by atoms with E-state index in [0.717, 1.165) is 12.1 Å². The van der Waals surface area contributed by atoms with Crippen LogP contribution in [0.25, 0.3) is 0 Å². The van der Waals surface area contributed by atoms with Gasteiger partial charge in [-0.3, -0.25) is 4.79 Å². The van der Waals surface area contributed by atoms with Gasteiger partial charge in [0.1, 0.15) is 0 Å². The highest BCUT2D eigenvalue weighted by Crippen LogP contribution is 2.06. The van der Waals surface area contributed by atoms with Crippen LogP contribution in [0, 0.1) is 11.6 Å². The van der Waals surface area contributed by atoms with Crippen LogP contribution in [0.4, 0.5) is 8.78 Å². The molecule has 1 aromatic heterocycles. The number of halogens is 2. The van der Waals surface area contributed by atoms with Gasteiger partial charge in [0.15, 0.2) is 24.0 Å². The Morgan fingerprint density at radius 2 is 1.95 bits per heavy atom. The maximum atomic E-state index is 12.9. The van der Waals surface area contributed by atoms with Gasteiger partial charge >= 0.3 is 5.91 Å². The Kier molecular flexibility index (Phi) is 4.49. The minimum atomic E-state index is -0.958. The van der Waals surface area contributed by atoms with Gasteiger partial charge in [-0.25, -0.2) is 14.2 Å². The van der Waals surface area contributed by atoms with E-state index < -0.39 is 11.6 Å². The number of carbonyl (C=O) groups is 1. The minimum absolute atomic E-state index is 0.121. The summed E-state index contributed by atoms with van der Waals surface area (Å²) in [6.45, 7) is 0.121. The molecule has 0 aliphatic heterocycles. The van der Waals surface area contributed by atoms with E-state index in [4.69, 9.17) is 0 Å². The first-order valence-electron chi connectivity index (χ1n) is 5.86. The van der Waals surface area contributed by atoms with E-state index in [0.29, 0.717) is 5.56 Å². The molecule has 1 heterocycles. The molecule has 0 bridgehead atoms. The highest BCUT2D eigenvalue weighted by Gasteiger charge is 2.06. The average molecular weight is 276 g/mol. The number of nitrogens with one attached hydrogen (secondary N) is 1. The second kappa shape index (κ2) is 6.51. The lowest BCUT2D eigenvalue weighted by Gasteiger charge is -1.97. The molecule has 2 rings (SSSR count). The standard InChI is InChI=1S/C14H11F2N3O/c15-12-5-4-11(8-13(12)16)9-17-18-14(20)10-19-6-2-1-3-7-19/h1-9H,10H2/p+1/b17-9+. The number of carbonyl (C=O) groups excluding carboxylic acids is 1. The van der Waals surface area contributed by atoms with Crippen molar-refractivity contribution in [3.05, 3.63) is 66.0 Å². The molecule has 0 aliphatic carbocycles. The van der Waals surface area contributed by atoms with Gasteiger partial charge in [0.05, 0.1) is 6.21 Å². The van der Waals surface area contributed by atoms with Crippen LogP contribution < -0.4 is 9.99 Å². The molecule has 0 atom stereocenters. The third-order valence-corrected chi connectivity index (χ3v) is 2.45. The quantitative estimate of drug-likeness (QED) is 0.512. The second-order valence-electron chi connectivity index (χ2n) is 4.01. The fourth-order valence-electron chi connectivity index (χ4n) is 1.51. The fourth-order valence-corrected chi connectivity index (χ4v) is 1.51. The Labute approximate surface area is 114 Å². The van der Waals surface area contributed by atoms with Crippen LogP contribution in [0.2, 0.25) is 0 Å².